The van der Waals surface area contributed by atoms with Crippen LogP contribution in [0.3, 0.4) is 0 Å². The number of carbonyl (C=O) groups is 2. The number of esters is 2. The molecule has 0 aromatic heterocycles. The van der Waals surface area contributed by atoms with Crippen LogP contribution in [0.15, 0.2) is 24.3 Å². The molecule has 0 spiro atoms. The maximum Gasteiger partial charge on any atom is 0.338 e. The number of fused-ring (bicyclic) bond motifs is 1. The molecule has 1 aromatic carbocycles. The second-order valence-corrected chi connectivity index (χ2v) is 5.53. The van der Waals surface area contributed by atoms with E-state index >= 15 is 0 Å². The average molecular weight is 316 g/mol. The molecule has 0 bridgehead atoms. The summed E-state index contributed by atoms with van der Waals surface area (Å²) in [5, 5.41) is 0. The van der Waals surface area contributed by atoms with Gasteiger partial charge in [0.05, 0.1) is 19.8 Å². The van der Waals surface area contributed by atoms with Crippen molar-refractivity contribution in [3.63, 3.8) is 0 Å². The Morgan fingerprint density at radius 2 is 1.87 bits per heavy atom. The summed E-state index contributed by atoms with van der Waals surface area (Å²) >= 11 is 0. The van der Waals surface area contributed by atoms with Gasteiger partial charge in [0.25, 0.3) is 0 Å². The van der Waals surface area contributed by atoms with Gasteiger partial charge in [0.2, 0.25) is 0 Å². The molecule has 0 radical (unpaired) electrons. The summed E-state index contributed by atoms with van der Waals surface area (Å²) in [5.41, 5.74) is 2.75. The van der Waals surface area contributed by atoms with E-state index in [-0.39, 0.29) is 5.92 Å². The summed E-state index contributed by atoms with van der Waals surface area (Å²) in [6.45, 7) is 5.41. The second kappa shape index (κ2) is 6.69. The minimum absolute atomic E-state index is 0.271. The van der Waals surface area contributed by atoms with E-state index in [1.807, 2.05) is 19.9 Å². The molecule has 0 atom stereocenters. The van der Waals surface area contributed by atoms with E-state index in [9.17, 15) is 9.59 Å². The Morgan fingerprint density at radius 3 is 2.39 bits per heavy atom. The number of hydrogen-bond donors (Lipinski definition) is 0. The summed E-state index contributed by atoms with van der Waals surface area (Å²) in [6, 6.07) is 3.36. The van der Waals surface area contributed by atoms with Gasteiger partial charge in [-0.05, 0) is 29.7 Å². The van der Waals surface area contributed by atoms with Crippen molar-refractivity contribution in [1.82, 2.24) is 0 Å². The number of methoxy groups -OCH3 is 2. The lowest BCUT2D eigenvalue weighted by molar-refractivity contribution is -0.134. The maximum atomic E-state index is 12.0. The largest absolute Gasteiger partial charge is 0.492 e. The van der Waals surface area contributed by atoms with E-state index in [2.05, 4.69) is 0 Å². The van der Waals surface area contributed by atoms with Crippen LogP contribution >= 0.6 is 0 Å². The van der Waals surface area contributed by atoms with Crippen molar-refractivity contribution in [2.45, 2.75) is 20.8 Å². The Labute approximate surface area is 135 Å². The molecule has 0 amide bonds. The minimum Gasteiger partial charge on any atom is -0.492 e. The van der Waals surface area contributed by atoms with Crippen molar-refractivity contribution >= 4 is 23.1 Å². The first-order chi connectivity index (χ1) is 10.9. The SMILES string of the molecule is COC(=O)C1=C/C(=C\C(C)C)c2c1ccc(OC(C)=O)c2OC. The quantitative estimate of drug-likeness (QED) is 0.630. The van der Waals surface area contributed by atoms with Crippen LogP contribution in [0.1, 0.15) is 31.9 Å². The van der Waals surface area contributed by atoms with Crippen LogP contribution in [-0.4, -0.2) is 26.2 Å². The van der Waals surface area contributed by atoms with Gasteiger partial charge in [0.15, 0.2) is 11.5 Å². The van der Waals surface area contributed by atoms with Crippen LogP contribution in [0.5, 0.6) is 11.5 Å². The predicted molar refractivity (Wildman–Crippen MR) is 87.1 cm³/mol. The monoisotopic (exact) mass is 316 g/mol. The lowest BCUT2D eigenvalue weighted by atomic mass is 10.00. The molecule has 1 aliphatic rings. The van der Waals surface area contributed by atoms with Gasteiger partial charge < -0.3 is 14.2 Å². The van der Waals surface area contributed by atoms with Crippen LogP contribution in [-0.2, 0) is 14.3 Å². The topological polar surface area (TPSA) is 61.8 Å². The summed E-state index contributed by atoms with van der Waals surface area (Å²) in [7, 11) is 2.85. The second-order valence-electron chi connectivity index (χ2n) is 5.53. The van der Waals surface area contributed by atoms with Crippen LogP contribution in [0, 0.1) is 5.92 Å². The fourth-order valence-corrected chi connectivity index (χ4v) is 2.59. The van der Waals surface area contributed by atoms with Gasteiger partial charge in [-0.15, -0.1) is 0 Å². The highest BCUT2D eigenvalue weighted by Gasteiger charge is 2.29. The van der Waals surface area contributed by atoms with Crippen LogP contribution < -0.4 is 9.47 Å². The normalized spacial score (nSPS) is 14.5. The summed E-state index contributed by atoms with van der Waals surface area (Å²) in [4.78, 5) is 23.3. The highest BCUT2D eigenvalue weighted by atomic mass is 16.6. The van der Waals surface area contributed by atoms with E-state index in [1.165, 1.54) is 21.1 Å². The highest BCUT2D eigenvalue weighted by molar-refractivity contribution is 6.23. The third-order valence-corrected chi connectivity index (χ3v) is 3.38. The number of ether oxygens (including phenoxy) is 3. The highest BCUT2D eigenvalue weighted by Crippen LogP contribution is 2.46. The zero-order valence-electron chi connectivity index (χ0n) is 13.9. The Morgan fingerprint density at radius 1 is 1.17 bits per heavy atom. The van der Waals surface area contributed by atoms with E-state index in [0.717, 1.165) is 11.1 Å². The Balaban J connectivity index is 2.68. The van der Waals surface area contributed by atoms with Crippen LogP contribution in [0.25, 0.3) is 11.1 Å². The smallest absolute Gasteiger partial charge is 0.338 e. The molecule has 0 saturated heterocycles. The van der Waals surface area contributed by atoms with Gasteiger partial charge in [-0.1, -0.05) is 19.9 Å². The maximum absolute atomic E-state index is 12.0. The summed E-state index contributed by atoms with van der Waals surface area (Å²) < 4.78 is 15.5. The molecule has 122 valence electrons. The van der Waals surface area contributed by atoms with Gasteiger partial charge in [-0.3, -0.25) is 4.79 Å². The van der Waals surface area contributed by atoms with Crippen LogP contribution in [0.4, 0.5) is 0 Å². The average Bonchev–Trinajstić information content (AvgIpc) is 2.84. The van der Waals surface area contributed by atoms with E-state index in [4.69, 9.17) is 14.2 Å². The first-order valence-corrected chi connectivity index (χ1v) is 7.31. The van der Waals surface area contributed by atoms with Gasteiger partial charge in [0.1, 0.15) is 0 Å². The lowest BCUT2D eigenvalue weighted by Crippen LogP contribution is -2.06. The minimum atomic E-state index is -0.434. The van der Waals surface area contributed by atoms with Gasteiger partial charge in [-0.25, -0.2) is 4.79 Å². The van der Waals surface area contributed by atoms with Crippen LogP contribution in [0.2, 0.25) is 0 Å². The molecule has 5 heteroatoms. The Bertz CT molecular complexity index is 710. The molecular weight excluding hydrogens is 296 g/mol. The third kappa shape index (κ3) is 3.28. The molecule has 0 N–H and O–H groups in total. The summed E-state index contributed by atoms with van der Waals surface area (Å²) in [5.74, 6) is 0.179. The molecule has 2 rings (SSSR count). The number of rotatable bonds is 4. The number of carbonyl (C=O) groups excluding carboxylic acids is 2. The van der Waals surface area contributed by atoms with Gasteiger partial charge in [0, 0.05) is 18.1 Å². The fraction of sp³-hybridized carbons (Fsp3) is 0.333. The molecule has 0 saturated carbocycles. The zero-order chi connectivity index (χ0) is 17.1. The fourth-order valence-electron chi connectivity index (χ4n) is 2.59. The lowest BCUT2D eigenvalue weighted by Gasteiger charge is -2.14. The molecule has 23 heavy (non-hydrogen) atoms. The molecule has 1 aromatic rings. The van der Waals surface area contributed by atoms with Crippen molar-refractivity contribution in [2.24, 2.45) is 5.92 Å². The van der Waals surface area contributed by atoms with Gasteiger partial charge >= 0.3 is 11.9 Å². The van der Waals surface area contributed by atoms with Crippen molar-refractivity contribution in [3.8, 4) is 11.5 Å². The third-order valence-electron chi connectivity index (χ3n) is 3.38. The van der Waals surface area contributed by atoms with Crippen molar-refractivity contribution < 1.29 is 23.8 Å². The molecule has 0 fully saturated rings. The first kappa shape index (κ1) is 16.8. The molecule has 0 unspecified atom stereocenters. The molecule has 1 aliphatic carbocycles. The molecule has 5 nitrogen and oxygen atoms in total. The van der Waals surface area contributed by atoms with Crippen molar-refractivity contribution in [3.05, 3.63) is 35.4 Å². The standard InChI is InChI=1S/C18H20O5/c1-10(2)8-12-9-14(18(20)22-5)13-6-7-15(23-11(3)19)17(21-4)16(12)13/h6-10H,1-5H3/b12-8+. The number of hydrogen-bond acceptors (Lipinski definition) is 5. The molecular formula is C18H20O5. The first-order valence-electron chi connectivity index (χ1n) is 7.31. The Kier molecular flexibility index (Phi) is 4.89. The van der Waals surface area contributed by atoms with Crippen molar-refractivity contribution in [2.75, 3.05) is 14.2 Å². The number of allylic oxidation sites excluding steroid dienone is 3. The van der Waals surface area contributed by atoms with Gasteiger partial charge in [-0.2, -0.15) is 0 Å². The van der Waals surface area contributed by atoms with E-state index in [1.54, 1.807) is 18.2 Å². The predicted octanol–water partition coefficient (Wildman–Crippen LogP) is 3.23. The van der Waals surface area contributed by atoms with E-state index in [0.29, 0.717) is 22.6 Å². The molecule has 0 heterocycles. The zero-order valence-corrected chi connectivity index (χ0v) is 13.9. The van der Waals surface area contributed by atoms with E-state index < -0.39 is 11.9 Å². The molecule has 0 aliphatic heterocycles. The Hall–Kier alpha value is -2.56. The number of benzene rings is 1. The summed E-state index contributed by atoms with van der Waals surface area (Å²) in [6.07, 6.45) is 3.80. The van der Waals surface area contributed by atoms with Crippen molar-refractivity contribution in [1.29, 1.82) is 0 Å².